The molecule has 116 valence electrons. The van der Waals surface area contributed by atoms with Crippen molar-refractivity contribution < 1.29 is 14.3 Å². The molecule has 0 bridgehead atoms. The third-order valence-electron chi connectivity index (χ3n) is 3.45. The average Bonchev–Trinajstić information content (AvgIpc) is 2.91. The van der Waals surface area contributed by atoms with Crippen molar-refractivity contribution in [1.82, 2.24) is 0 Å². The first-order valence-electron chi connectivity index (χ1n) is 7.69. The molecule has 1 N–H and O–H groups in total. The van der Waals surface area contributed by atoms with Crippen LogP contribution in [0.2, 0.25) is 0 Å². The van der Waals surface area contributed by atoms with Crippen LogP contribution in [0.5, 0.6) is 5.75 Å². The molecule has 1 amide bonds. The highest BCUT2D eigenvalue weighted by atomic mass is 16.5. The SMILES string of the molecule is Cc1ccc(NC(=O)CC(C)C)c(OC[C@@H]2CCCO2)c1. The average molecular weight is 291 g/mol. The van der Waals surface area contributed by atoms with Crippen molar-refractivity contribution in [2.45, 2.75) is 46.1 Å². The van der Waals surface area contributed by atoms with E-state index in [-0.39, 0.29) is 12.0 Å². The predicted molar refractivity (Wildman–Crippen MR) is 83.7 cm³/mol. The van der Waals surface area contributed by atoms with Crippen LogP contribution in [-0.4, -0.2) is 25.2 Å². The zero-order chi connectivity index (χ0) is 15.2. The quantitative estimate of drug-likeness (QED) is 0.872. The number of aryl methyl sites for hydroxylation is 1. The van der Waals surface area contributed by atoms with Gasteiger partial charge in [0.2, 0.25) is 5.91 Å². The van der Waals surface area contributed by atoms with E-state index >= 15 is 0 Å². The fraction of sp³-hybridized carbons (Fsp3) is 0.588. The summed E-state index contributed by atoms with van der Waals surface area (Å²) in [5.41, 5.74) is 1.85. The standard InChI is InChI=1S/C17H25NO3/c1-12(2)9-17(19)18-15-7-6-13(3)10-16(15)21-11-14-5-4-8-20-14/h6-7,10,12,14H,4-5,8-9,11H2,1-3H3,(H,18,19)/t14-/m0/s1. The Morgan fingerprint density at radius 1 is 1.48 bits per heavy atom. The Hall–Kier alpha value is -1.55. The van der Waals surface area contributed by atoms with Crippen molar-refractivity contribution in [2.75, 3.05) is 18.5 Å². The first-order chi connectivity index (χ1) is 10.0. The van der Waals surface area contributed by atoms with Crippen LogP contribution in [0.3, 0.4) is 0 Å². The zero-order valence-electron chi connectivity index (χ0n) is 13.1. The van der Waals surface area contributed by atoms with Gasteiger partial charge in [-0.2, -0.15) is 0 Å². The number of nitrogens with one attached hydrogen (secondary N) is 1. The highest BCUT2D eigenvalue weighted by molar-refractivity contribution is 5.92. The Morgan fingerprint density at radius 3 is 2.95 bits per heavy atom. The molecule has 0 radical (unpaired) electrons. The molecule has 4 nitrogen and oxygen atoms in total. The minimum absolute atomic E-state index is 0.0239. The normalized spacial score (nSPS) is 18.0. The lowest BCUT2D eigenvalue weighted by Crippen LogP contribution is -2.18. The van der Waals surface area contributed by atoms with Gasteiger partial charge in [-0.05, 0) is 43.4 Å². The van der Waals surface area contributed by atoms with Crippen molar-refractivity contribution in [3.8, 4) is 5.75 Å². The smallest absolute Gasteiger partial charge is 0.224 e. The molecule has 0 aliphatic carbocycles. The number of hydrogen-bond acceptors (Lipinski definition) is 3. The summed E-state index contributed by atoms with van der Waals surface area (Å²) in [5.74, 6) is 1.09. The van der Waals surface area contributed by atoms with E-state index in [9.17, 15) is 4.79 Å². The second-order valence-electron chi connectivity index (χ2n) is 6.09. The molecule has 21 heavy (non-hydrogen) atoms. The molecule has 0 spiro atoms. The molecule has 1 aromatic rings. The van der Waals surface area contributed by atoms with Gasteiger partial charge in [0.25, 0.3) is 0 Å². The molecule has 0 unspecified atom stereocenters. The van der Waals surface area contributed by atoms with Crippen molar-refractivity contribution in [1.29, 1.82) is 0 Å². The number of rotatable bonds is 6. The molecule has 1 heterocycles. The van der Waals surface area contributed by atoms with E-state index in [0.717, 1.165) is 36.4 Å². The molecular formula is C17H25NO3. The summed E-state index contributed by atoms with van der Waals surface area (Å²) in [5, 5.41) is 2.94. The Kier molecular flexibility index (Phi) is 5.62. The summed E-state index contributed by atoms with van der Waals surface area (Å²) < 4.78 is 11.4. The van der Waals surface area contributed by atoms with Gasteiger partial charge in [-0.15, -0.1) is 0 Å². The molecule has 0 saturated carbocycles. The summed E-state index contributed by atoms with van der Waals surface area (Å²) in [4.78, 5) is 11.9. The van der Waals surface area contributed by atoms with Gasteiger partial charge >= 0.3 is 0 Å². The summed E-state index contributed by atoms with van der Waals surface area (Å²) in [7, 11) is 0. The molecule has 1 saturated heterocycles. The Bertz CT molecular complexity index is 479. The molecule has 1 aliphatic rings. The van der Waals surface area contributed by atoms with E-state index in [1.165, 1.54) is 0 Å². The van der Waals surface area contributed by atoms with Crippen LogP contribution in [0.1, 0.15) is 38.7 Å². The maximum atomic E-state index is 11.9. The molecule has 1 aromatic carbocycles. The lowest BCUT2D eigenvalue weighted by atomic mass is 10.1. The summed E-state index contributed by atoms with van der Waals surface area (Å²) >= 11 is 0. The summed E-state index contributed by atoms with van der Waals surface area (Å²) in [6.07, 6.45) is 2.82. The van der Waals surface area contributed by atoms with Gasteiger partial charge in [0, 0.05) is 13.0 Å². The number of benzene rings is 1. The molecule has 4 heteroatoms. The molecule has 1 aliphatic heterocycles. The first-order valence-corrected chi connectivity index (χ1v) is 7.69. The summed E-state index contributed by atoms with van der Waals surface area (Å²) in [6, 6.07) is 5.84. The van der Waals surface area contributed by atoms with Crippen molar-refractivity contribution in [2.24, 2.45) is 5.92 Å². The Morgan fingerprint density at radius 2 is 2.29 bits per heavy atom. The number of ether oxygens (including phenoxy) is 2. The molecular weight excluding hydrogens is 266 g/mol. The van der Waals surface area contributed by atoms with E-state index in [2.05, 4.69) is 5.32 Å². The maximum Gasteiger partial charge on any atom is 0.224 e. The molecule has 2 rings (SSSR count). The van der Waals surface area contributed by atoms with Gasteiger partial charge in [0.05, 0.1) is 11.8 Å². The van der Waals surface area contributed by atoms with Gasteiger partial charge in [0.15, 0.2) is 0 Å². The highest BCUT2D eigenvalue weighted by Gasteiger charge is 2.17. The summed E-state index contributed by atoms with van der Waals surface area (Å²) in [6.45, 7) is 7.43. The van der Waals surface area contributed by atoms with Crippen LogP contribution in [0, 0.1) is 12.8 Å². The van der Waals surface area contributed by atoms with Crippen LogP contribution in [0.15, 0.2) is 18.2 Å². The second kappa shape index (κ2) is 7.46. The Balaban J connectivity index is 2.00. The van der Waals surface area contributed by atoms with E-state index in [1.807, 2.05) is 39.0 Å². The van der Waals surface area contributed by atoms with Crippen LogP contribution < -0.4 is 10.1 Å². The maximum absolute atomic E-state index is 11.9. The number of amides is 1. The van der Waals surface area contributed by atoms with E-state index in [4.69, 9.17) is 9.47 Å². The topological polar surface area (TPSA) is 47.6 Å². The minimum atomic E-state index is 0.0239. The largest absolute Gasteiger partial charge is 0.489 e. The van der Waals surface area contributed by atoms with Crippen LogP contribution in [0.4, 0.5) is 5.69 Å². The minimum Gasteiger partial charge on any atom is -0.489 e. The third-order valence-corrected chi connectivity index (χ3v) is 3.45. The number of carbonyl (C=O) groups is 1. The van der Waals surface area contributed by atoms with Gasteiger partial charge < -0.3 is 14.8 Å². The van der Waals surface area contributed by atoms with E-state index in [1.54, 1.807) is 0 Å². The van der Waals surface area contributed by atoms with E-state index in [0.29, 0.717) is 18.9 Å². The Labute approximate surface area is 126 Å². The lowest BCUT2D eigenvalue weighted by Gasteiger charge is -2.16. The van der Waals surface area contributed by atoms with Crippen LogP contribution in [0.25, 0.3) is 0 Å². The van der Waals surface area contributed by atoms with Crippen molar-refractivity contribution in [3.05, 3.63) is 23.8 Å². The fourth-order valence-corrected chi connectivity index (χ4v) is 2.38. The van der Waals surface area contributed by atoms with Gasteiger partial charge in [-0.25, -0.2) is 0 Å². The van der Waals surface area contributed by atoms with E-state index < -0.39 is 0 Å². The predicted octanol–water partition coefficient (Wildman–Crippen LogP) is 3.54. The van der Waals surface area contributed by atoms with Crippen molar-refractivity contribution >= 4 is 11.6 Å². The second-order valence-corrected chi connectivity index (χ2v) is 6.09. The molecule has 0 aromatic heterocycles. The van der Waals surface area contributed by atoms with Crippen LogP contribution >= 0.6 is 0 Å². The molecule has 1 atom stereocenters. The number of hydrogen-bond donors (Lipinski definition) is 1. The van der Waals surface area contributed by atoms with Gasteiger partial charge in [-0.3, -0.25) is 4.79 Å². The lowest BCUT2D eigenvalue weighted by molar-refractivity contribution is -0.116. The van der Waals surface area contributed by atoms with Gasteiger partial charge in [-0.1, -0.05) is 19.9 Å². The monoisotopic (exact) mass is 291 g/mol. The molecule has 1 fully saturated rings. The third kappa shape index (κ3) is 5.05. The first kappa shape index (κ1) is 15.8. The highest BCUT2D eigenvalue weighted by Crippen LogP contribution is 2.27. The number of anilines is 1. The fourth-order valence-electron chi connectivity index (χ4n) is 2.38. The van der Waals surface area contributed by atoms with Crippen LogP contribution in [-0.2, 0) is 9.53 Å². The zero-order valence-corrected chi connectivity index (χ0v) is 13.1. The van der Waals surface area contributed by atoms with Gasteiger partial charge in [0.1, 0.15) is 12.4 Å². The van der Waals surface area contributed by atoms with Crippen molar-refractivity contribution in [3.63, 3.8) is 0 Å². The number of carbonyl (C=O) groups excluding carboxylic acids is 1.